The number of ether oxygens (including phenoxy) is 4. The highest BCUT2D eigenvalue weighted by Gasteiger charge is 2.87. The Bertz CT molecular complexity index is 785. The number of hydrogen-bond donors (Lipinski definition) is 0. The molecule has 156 valence electrons. The molecule has 1 aromatic carbocycles. The Labute approximate surface area is 169 Å². The first-order chi connectivity index (χ1) is 13.9. The maximum Gasteiger partial charge on any atom is 0.269 e. The smallest absolute Gasteiger partial charge is 0.269 e. The van der Waals surface area contributed by atoms with Crippen LogP contribution < -0.4 is 0 Å². The number of nitriles is 2. The van der Waals surface area contributed by atoms with Crippen LogP contribution in [0.5, 0.6) is 0 Å². The zero-order chi connectivity index (χ0) is 21.7. The lowest BCUT2D eigenvalue weighted by molar-refractivity contribution is -0.496. The Morgan fingerprint density at radius 1 is 0.931 bits per heavy atom. The van der Waals surface area contributed by atoms with Gasteiger partial charge in [-0.25, -0.2) is 0 Å². The Balaban J connectivity index is 2.78. The SMILES string of the molecule is CCOC1(OCC)C(c2ccc([N+](=O)[O-])cc2)C(C#N)(C#N)C1(OCC)OCC. The normalized spacial score (nSPS) is 20.8. The lowest BCUT2D eigenvalue weighted by atomic mass is 9.49. The van der Waals surface area contributed by atoms with Gasteiger partial charge in [-0.1, -0.05) is 12.1 Å². The van der Waals surface area contributed by atoms with E-state index < -0.39 is 27.8 Å². The van der Waals surface area contributed by atoms with Crippen LogP contribution in [0.4, 0.5) is 5.69 Å². The van der Waals surface area contributed by atoms with Gasteiger partial charge in [-0.05, 0) is 33.3 Å². The van der Waals surface area contributed by atoms with E-state index in [1.54, 1.807) is 27.7 Å². The highest BCUT2D eigenvalue weighted by Crippen LogP contribution is 2.69. The van der Waals surface area contributed by atoms with Crippen LogP contribution >= 0.6 is 0 Å². The van der Waals surface area contributed by atoms with Gasteiger partial charge in [-0.15, -0.1) is 0 Å². The van der Waals surface area contributed by atoms with Crippen molar-refractivity contribution in [1.29, 1.82) is 10.5 Å². The molecule has 9 heteroatoms. The van der Waals surface area contributed by atoms with Crippen LogP contribution in [-0.4, -0.2) is 42.9 Å². The number of nitro benzene ring substituents is 1. The molecule has 0 bridgehead atoms. The molecule has 1 atom stereocenters. The van der Waals surface area contributed by atoms with Crippen molar-refractivity contribution >= 4 is 5.69 Å². The molecule has 0 spiro atoms. The predicted octanol–water partition coefficient (Wildman–Crippen LogP) is 3.26. The maximum absolute atomic E-state index is 11.0. The molecule has 0 saturated heterocycles. The van der Waals surface area contributed by atoms with Crippen molar-refractivity contribution in [1.82, 2.24) is 0 Å². The minimum atomic E-state index is -1.79. The Hall–Kier alpha value is -2.56. The zero-order valence-electron chi connectivity index (χ0n) is 17.0. The molecule has 2 rings (SSSR count). The minimum Gasteiger partial charge on any atom is -0.345 e. The minimum absolute atomic E-state index is 0.105. The molecular formula is C20H25N3O6. The third-order valence-corrected chi connectivity index (χ3v) is 4.99. The van der Waals surface area contributed by atoms with E-state index >= 15 is 0 Å². The number of benzene rings is 1. The van der Waals surface area contributed by atoms with Crippen LogP contribution in [0.2, 0.25) is 0 Å². The number of non-ortho nitro benzene ring substituents is 1. The standard InChI is InChI=1S/C20H25N3O6/c1-5-26-19(27-6-2)17(15-9-11-16(12-10-15)23(24)25)18(13-21,14-22)20(19,28-7-3)29-8-4/h9-12,17H,5-8H2,1-4H3. The zero-order valence-corrected chi connectivity index (χ0v) is 17.0. The molecular weight excluding hydrogens is 378 g/mol. The Morgan fingerprint density at radius 2 is 1.38 bits per heavy atom. The second-order valence-electron chi connectivity index (χ2n) is 6.33. The summed E-state index contributed by atoms with van der Waals surface area (Å²) in [4.78, 5) is 10.5. The molecule has 0 amide bonds. The second kappa shape index (κ2) is 8.85. The van der Waals surface area contributed by atoms with Gasteiger partial charge in [0.05, 0.1) is 23.0 Å². The van der Waals surface area contributed by atoms with Gasteiger partial charge < -0.3 is 18.9 Å². The molecule has 0 N–H and O–H groups in total. The quantitative estimate of drug-likeness (QED) is 0.331. The summed E-state index contributed by atoms with van der Waals surface area (Å²) in [6.07, 6.45) is 0. The largest absolute Gasteiger partial charge is 0.345 e. The van der Waals surface area contributed by atoms with Crippen LogP contribution in [0.25, 0.3) is 0 Å². The van der Waals surface area contributed by atoms with Crippen molar-refractivity contribution in [3.05, 3.63) is 39.9 Å². The van der Waals surface area contributed by atoms with E-state index in [-0.39, 0.29) is 32.1 Å². The van der Waals surface area contributed by atoms with Crippen LogP contribution in [0.1, 0.15) is 39.2 Å². The molecule has 1 aliphatic carbocycles. The number of hydrogen-bond acceptors (Lipinski definition) is 8. The molecule has 9 nitrogen and oxygen atoms in total. The van der Waals surface area contributed by atoms with Gasteiger partial charge in [0.15, 0.2) is 0 Å². The second-order valence-corrected chi connectivity index (χ2v) is 6.33. The van der Waals surface area contributed by atoms with E-state index in [2.05, 4.69) is 12.1 Å². The van der Waals surface area contributed by atoms with E-state index in [4.69, 9.17) is 18.9 Å². The van der Waals surface area contributed by atoms with Crippen molar-refractivity contribution in [3.8, 4) is 12.1 Å². The average molecular weight is 403 g/mol. The molecule has 1 saturated carbocycles. The lowest BCUT2D eigenvalue weighted by Gasteiger charge is -2.66. The van der Waals surface area contributed by atoms with Crippen molar-refractivity contribution in [2.24, 2.45) is 5.41 Å². The molecule has 1 fully saturated rings. The monoisotopic (exact) mass is 403 g/mol. The van der Waals surface area contributed by atoms with Crippen LogP contribution in [0.15, 0.2) is 24.3 Å². The lowest BCUT2D eigenvalue weighted by Crippen LogP contribution is -2.83. The third-order valence-electron chi connectivity index (χ3n) is 4.99. The van der Waals surface area contributed by atoms with E-state index in [9.17, 15) is 20.6 Å². The number of nitrogens with zero attached hydrogens (tertiary/aromatic N) is 3. The van der Waals surface area contributed by atoms with Crippen LogP contribution in [0, 0.1) is 38.2 Å². The highest BCUT2D eigenvalue weighted by molar-refractivity contribution is 5.48. The summed E-state index contributed by atoms with van der Waals surface area (Å²) in [5.41, 5.74) is -1.41. The van der Waals surface area contributed by atoms with E-state index in [1.807, 2.05) is 0 Å². The maximum atomic E-state index is 11.0. The van der Waals surface area contributed by atoms with Gasteiger partial charge in [0.1, 0.15) is 0 Å². The summed E-state index contributed by atoms with van der Waals surface area (Å²) in [5, 5.41) is 31.3. The molecule has 1 aromatic rings. The summed E-state index contributed by atoms with van der Waals surface area (Å²) >= 11 is 0. The summed E-state index contributed by atoms with van der Waals surface area (Å²) < 4.78 is 23.9. The predicted molar refractivity (Wildman–Crippen MR) is 101 cm³/mol. The topological polar surface area (TPSA) is 128 Å². The first-order valence-electron chi connectivity index (χ1n) is 9.52. The van der Waals surface area contributed by atoms with Gasteiger partial charge in [-0.2, -0.15) is 10.5 Å². The Morgan fingerprint density at radius 3 is 1.72 bits per heavy atom. The summed E-state index contributed by atoms with van der Waals surface area (Å²) in [6.45, 7) is 7.69. The summed E-state index contributed by atoms with van der Waals surface area (Å²) in [7, 11) is 0. The van der Waals surface area contributed by atoms with E-state index in [0.29, 0.717) is 5.56 Å². The molecule has 0 aromatic heterocycles. The fourth-order valence-corrected chi connectivity index (χ4v) is 4.13. The van der Waals surface area contributed by atoms with Gasteiger partial charge in [-0.3, -0.25) is 10.1 Å². The van der Waals surface area contributed by atoms with E-state index in [1.165, 1.54) is 24.3 Å². The van der Waals surface area contributed by atoms with Crippen molar-refractivity contribution in [2.45, 2.75) is 45.2 Å². The average Bonchev–Trinajstić information content (AvgIpc) is 2.71. The van der Waals surface area contributed by atoms with Gasteiger partial charge in [0.25, 0.3) is 11.5 Å². The molecule has 0 heterocycles. The number of rotatable bonds is 10. The van der Waals surface area contributed by atoms with Gasteiger partial charge in [0.2, 0.25) is 11.2 Å². The fraction of sp³-hybridized carbons (Fsp3) is 0.600. The van der Waals surface area contributed by atoms with Crippen LogP contribution in [0.3, 0.4) is 0 Å². The fourth-order valence-electron chi connectivity index (χ4n) is 4.13. The third kappa shape index (κ3) is 3.07. The summed E-state index contributed by atoms with van der Waals surface area (Å²) in [5.74, 6) is -4.28. The van der Waals surface area contributed by atoms with Gasteiger partial charge in [0, 0.05) is 38.6 Å². The van der Waals surface area contributed by atoms with Crippen LogP contribution in [-0.2, 0) is 18.9 Å². The van der Waals surface area contributed by atoms with Crippen molar-refractivity contribution < 1.29 is 23.9 Å². The Kier molecular flexibility index (Phi) is 6.93. The molecule has 29 heavy (non-hydrogen) atoms. The number of nitro groups is 1. The van der Waals surface area contributed by atoms with Gasteiger partial charge >= 0.3 is 0 Å². The molecule has 0 radical (unpaired) electrons. The molecule has 0 aliphatic heterocycles. The summed E-state index contributed by atoms with van der Waals surface area (Å²) in [6, 6.07) is 9.79. The first-order valence-corrected chi connectivity index (χ1v) is 9.52. The first kappa shape index (κ1) is 22.7. The highest BCUT2D eigenvalue weighted by atomic mass is 16.8. The van der Waals surface area contributed by atoms with E-state index in [0.717, 1.165) is 0 Å². The molecule has 1 aliphatic rings. The van der Waals surface area contributed by atoms with Crippen molar-refractivity contribution in [3.63, 3.8) is 0 Å². The molecule has 1 unspecified atom stereocenters. The van der Waals surface area contributed by atoms with Crippen molar-refractivity contribution in [2.75, 3.05) is 26.4 Å².